The molecule has 2 aliphatic heterocycles. The molecule has 1 aromatic heterocycles. The predicted molar refractivity (Wildman–Crippen MR) is 159 cm³/mol. The number of ether oxygens (including phenoxy) is 2. The third kappa shape index (κ3) is 5.20. The van der Waals surface area contributed by atoms with Crippen LogP contribution in [0.15, 0.2) is 48.5 Å². The molecule has 6 rings (SSSR count). The van der Waals surface area contributed by atoms with Crippen LogP contribution in [0.2, 0.25) is 0 Å². The zero-order chi connectivity index (χ0) is 27.8. The number of halogens is 1. The molecule has 40 heavy (non-hydrogen) atoms. The second-order valence-corrected chi connectivity index (χ2v) is 12.7. The fourth-order valence-electron chi connectivity index (χ4n) is 5.57. The van der Waals surface area contributed by atoms with Crippen LogP contribution in [0, 0.1) is 0 Å². The summed E-state index contributed by atoms with van der Waals surface area (Å²) in [5.74, 6) is 0.981. The average Bonchev–Trinajstić information content (AvgIpc) is 3.57. The maximum absolute atomic E-state index is 13.8. The molecule has 0 radical (unpaired) electrons. The van der Waals surface area contributed by atoms with E-state index in [1.165, 1.54) is 0 Å². The number of phenols is 1. The van der Waals surface area contributed by atoms with E-state index in [0.717, 1.165) is 43.8 Å². The third-order valence-electron chi connectivity index (χ3n) is 7.65. The number of fused-ring (bicyclic) bond motifs is 4. The molecule has 0 aliphatic carbocycles. The molecule has 3 heterocycles. The molecule has 3 aromatic carbocycles. The predicted octanol–water partition coefficient (Wildman–Crippen LogP) is 4.41. The number of nitrogens with one attached hydrogen (secondary N) is 1. The van der Waals surface area contributed by atoms with Gasteiger partial charge in [0.1, 0.15) is 0 Å². The summed E-state index contributed by atoms with van der Waals surface area (Å²) in [6.45, 7) is 4.29. The monoisotopic (exact) mass is 627 g/mol. The quantitative estimate of drug-likeness (QED) is 0.233. The van der Waals surface area contributed by atoms with Crippen molar-refractivity contribution in [2.45, 2.75) is 12.3 Å². The summed E-state index contributed by atoms with van der Waals surface area (Å²) in [5, 5.41) is 16.3. The number of phenolic OH excluding ortho intramolecular Hbond substituents is 1. The summed E-state index contributed by atoms with van der Waals surface area (Å²) in [7, 11) is 1.60. The van der Waals surface area contributed by atoms with Crippen LogP contribution in [0.5, 0.6) is 11.5 Å². The number of morpholine rings is 1. The summed E-state index contributed by atoms with van der Waals surface area (Å²) in [4.78, 5) is 30.4. The van der Waals surface area contributed by atoms with Crippen molar-refractivity contribution >= 4 is 69.7 Å². The molecule has 10 heteroatoms. The fourth-order valence-corrected chi connectivity index (χ4v) is 7.90. The second-order valence-electron chi connectivity index (χ2n) is 10.1. The molecule has 8 nitrogen and oxygen atoms in total. The van der Waals surface area contributed by atoms with Gasteiger partial charge in [0, 0.05) is 0 Å². The summed E-state index contributed by atoms with van der Waals surface area (Å²) in [6, 6.07) is 15.0. The number of carbonyl (C=O) groups is 2. The van der Waals surface area contributed by atoms with Gasteiger partial charge in [-0.2, -0.15) is 0 Å². The van der Waals surface area contributed by atoms with E-state index in [4.69, 9.17) is 21.1 Å². The van der Waals surface area contributed by atoms with Gasteiger partial charge < -0.3 is 0 Å². The fraction of sp³-hybridized carbons (Fsp3) is 0.333. The number of alkyl halides is 1. The van der Waals surface area contributed by atoms with Gasteiger partial charge in [-0.05, 0) is 0 Å². The number of methoxy groups -OCH3 is 1. The Bertz CT molecular complexity index is 1600. The van der Waals surface area contributed by atoms with Crippen LogP contribution >= 0.6 is 11.6 Å². The molecular weight excluding hydrogens is 597 g/mol. The Hall–Kier alpha value is -3.07. The van der Waals surface area contributed by atoms with Crippen LogP contribution in [0.4, 0.5) is 11.4 Å². The first kappa shape index (κ1) is 27.1. The van der Waals surface area contributed by atoms with E-state index >= 15 is 0 Å². The molecule has 2 aliphatic rings. The first-order valence-corrected chi connectivity index (χ1v) is 15.5. The molecule has 0 bridgehead atoms. The molecule has 1 fully saturated rings. The second kappa shape index (κ2) is 11.4. The molecule has 1 atom stereocenters. The van der Waals surface area contributed by atoms with E-state index in [-0.39, 0.29) is 38.0 Å². The molecule has 0 spiro atoms. The SMILES string of the molecule is COc1ccc2c(O)cc3c(c2c1)[C@H](CCl)CN3C(=O)c1cc2cc(NC(=O)CCN3CCOCC3)ccc2[se]1. The average molecular weight is 627 g/mol. The van der Waals surface area contributed by atoms with Crippen molar-refractivity contribution in [1.29, 1.82) is 0 Å². The number of carbonyl (C=O) groups excluding carboxylic acids is 2. The summed E-state index contributed by atoms with van der Waals surface area (Å²) in [6.07, 6.45) is 0.421. The Kier molecular flexibility index (Phi) is 7.75. The van der Waals surface area contributed by atoms with Gasteiger partial charge in [-0.3, -0.25) is 0 Å². The molecule has 0 saturated carbocycles. The maximum atomic E-state index is 13.8. The normalized spacial score (nSPS) is 17.4. The molecule has 2 N–H and O–H groups in total. The Labute approximate surface area is 243 Å². The minimum absolute atomic E-state index is 0.0281. The van der Waals surface area contributed by atoms with Crippen molar-refractivity contribution in [2.75, 3.05) is 62.6 Å². The Morgan fingerprint density at radius 3 is 2.73 bits per heavy atom. The topological polar surface area (TPSA) is 91.3 Å². The number of benzene rings is 3. The number of hydrogen-bond acceptors (Lipinski definition) is 6. The number of rotatable bonds is 7. The summed E-state index contributed by atoms with van der Waals surface area (Å²) < 4.78 is 12.6. The Balaban J connectivity index is 1.23. The van der Waals surface area contributed by atoms with Crippen LogP contribution < -0.4 is 15.0 Å². The zero-order valence-electron chi connectivity index (χ0n) is 22.1. The van der Waals surface area contributed by atoms with E-state index in [2.05, 4.69) is 10.2 Å². The number of nitrogens with zero attached hydrogens (tertiary/aromatic N) is 2. The number of amides is 2. The standard InChI is InChI=1S/C30H30ClN3O5Se/c1-38-21-3-4-22-23(14-21)29-19(16-31)17-34(24(29)15-25(22)35)30(37)27-13-18-12-20(2-5-26(18)40-27)32-28(36)6-7-33-8-10-39-11-9-33/h2-5,12-15,19,35H,6-11,16-17H2,1H3,(H,32,36)/t19-/m1/s1. The molecular formula is C30H30ClN3O5Se. The van der Waals surface area contributed by atoms with E-state index in [0.29, 0.717) is 55.4 Å². The van der Waals surface area contributed by atoms with Crippen molar-refractivity contribution in [2.24, 2.45) is 0 Å². The van der Waals surface area contributed by atoms with Crippen LogP contribution in [0.25, 0.3) is 20.4 Å². The number of aromatic hydroxyl groups is 1. The van der Waals surface area contributed by atoms with Crippen molar-refractivity contribution in [1.82, 2.24) is 4.90 Å². The van der Waals surface area contributed by atoms with Crippen molar-refractivity contribution in [3.63, 3.8) is 0 Å². The van der Waals surface area contributed by atoms with Crippen molar-refractivity contribution in [3.05, 3.63) is 58.5 Å². The summed E-state index contributed by atoms with van der Waals surface area (Å²) >= 11 is 6.22. The van der Waals surface area contributed by atoms with Gasteiger partial charge in [0.15, 0.2) is 0 Å². The molecule has 0 unspecified atom stereocenters. The van der Waals surface area contributed by atoms with Gasteiger partial charge in [-0.1, -0.05) is 0 Å². The van der Waals surface area contributed by atoms with E-state index < -0.39 is 0 Å². The first-order valence-electron chi connectivity index (χ1n) is 13.3. The Morgan fingerprint density at radius 1 is 1.12 bits per heavy atom. The van der Waals surface area contributed by atoms with Crippen LogP contribution in [-0.4, -0.2) is 88.7 Å². The molecule has 208 valence electrons. The van der Waals surface area contributed by atoms with Crippen LogP contribution in [0.1, 0.15) is 27.1 Å². The van der Waals surface area contributed by atoms with Crippen LogP contribution in [-0.2, 0) is 9.53 Å². The Morgan fingerprint density at radius 2 is 1.95 bits per heavy atom. The van der Waals surface area contributed by atoms with Crippen LogP contribution in [0.3, 0.4) is 0 Å². The van der Waals surface area contributed by atoms with Gasteiger partial charge in [0.2, 0.25) is 0 Å². The van der Waals surface area contributed by atoms with E-state index in [9.17, 15) is 14.7 Å². The molecule has 1 saturated heterocycles. The zero-order valence-corrected chi connectivity index (χ0v) is 24.6. The van der Waals surface area contributed by atoms with Gasteiger partial charge in [0.05, 0.1) is 0 Å². The minimum atomic E-state index is -0.174. The van der Waals surface area contributed by atoms with Gasteiger partial charge >= 0.3 is 244 Å². The van der Waals surface area contributed by atoms with Gasteiger partial charge in [-0.25, -0.2) is 0 Å². The molecule has 4 aromatic rings. The van der Waals surface area contributed by atoms with Gasteiger partial charge in [-0.15, -0.1) is 0 Å². The van der Waals surface area contributed by atoms with E-state index in [1.807, 2.05) is 42.5 Å². The number of anilines is 2. The summed E-state index contributed by atoms with van der Waals surface area (Å²) in [5.41, 5.74) is 2.38. The first-order chi connectivity index (χ1) is 19.4. The third-order valence-corrected chi connectivity index (χ3v) is 10.3. The van der Waals surface area contributed by atoms with Crippen molar-refractivity contribution in [3.8, 4) is 11.5 Å². The van der Waals surface area contributed by atoms with E-state index in [1.54, 1.807) is 18.1 Å². The van der Waals surface area contributed by atoms with Crippen molar-refractivity contribution < 1.29 is 24.2 Å². The number of hydrogen-bond donors (Lipinski definition) is 2. The van der Waals surface area contributed by atoms with Gasteiger partial charge in [0.25, 0.3) is 0 Å². The molecule has 2 amide bonds.